The summed E-state index contributed by atoms with van der Waals surface area (Å²) in [6.45, 7) is 3.28. The Morgan fingerprint density at radius 3 is 3.11 bits per heavy atom. The molecule has 1 aromatic carbocycles. The topological polar surface area (TPSA) is 78.3 Å². The zero-order valence-corrected chi connectivity index (χ0v) is 15.3. The van der Waals surface area contributed by atoms with Gasteiger partial charge in [0.15, 0.2) is 11.0 Å². The highest BCUT2D eigenvalue weighted by molar-refractivity contribution is 7.86. The minimum atomic E-state index is -1.73. The molecule has 0 amide bonds. The Balaban J connectivity index is 1.66. The van der Waals surface area contributed by atoms with Gasteiger partial charge in [-0.25, -0.2) is 13.6 Å². The van der Waals surface area contributed by atoms with Crippen LogP contribution < -0.4 is 14.2 Å². The normalized spacial score (nSPS) is 13.7. The standard InChI is InChI=1S/C18H17FN4O3S/c1-2-25-16-4-3-12(19)9-17(16)27(24)22-13-10-14-15-5-6-21-23(15)7-8-26-18(14)20-11-13/h3-6,9-11,22H,2,7-8H2,1H3. The Kier molecular flexibility index (Phi) is 4.76. The largest absolute Gasteiger partial charge is 0.493 e. The van der Waals surface area contributed by atoms with Crippen molar-refractivity contribution in [2.24, 2.45) is 0 Å². The van der Waals surface area contributed by atoms with Crippen LogP contribution in [0.3, 0.4) is 0 Å². The molecule has 0 aliphatic carbocycles. The van der Waals surface area contributed by atoms with Crippen LogP contribution in [0, 0.1) is 5.82 Å². The number of nitrogens with one attached hydrogen (secondary N) is 1. The Labute approximate surface area is 157 Å². The molecule has 1 aliphatic heterocycles. The number of halogens is 1. The number of aromatic nitrogens is 3. The highest BCUT2D eigenvalue weighted by Crippen LogP contribution is 2.33. The van der Waals surface area contributed by atoms with Crippen molar-refractivity contribution in [1.82, 2.24) is 14.8 Å². The molecule has 7 nitrogen and oxygen atoms in total. The summed E-state index contributed by atoms with van der Waals surface area (Å²) in [5, 5.41) is 4.27. The number of hydrogen-bond donors (Lipinski definition) is 1. The van der Waals surface area contributed by atoms with Gasteiger partial charge in [-0.15, -0.1) is 0 Å². The van der Waals surface area contributed by atoms with E-state index in [0.29, 0.717) is 37.1 Å². The molecule has 140 valence electrons. The molecule has 4 rings (SSSR count). The lowest BCUT2D eigenvalue weighted by atomic mass is 10.2. The molecule has 1 N–H and O–H groups in total. The molecule has 0 fully saturated rings. The van der Waals surface area contributed by atoms with E-state index in [2.05, 4.69) is 14.8 Å². The molecule has 0 spiro atoms. The fourth-order valence-corrected chi connectivity index (χ4v) is 3.80. The molecule has 0 bridgehead atoms. The molecule has 1 aliphatic rings. The first-order valence-electron chi connectivity index (χ1n) is 8.41. The molecular formula is C18H17FN4O3S. The number of benzene rings is 1. The quantitative estimate of drug-likeness (QED) is 0.727. The average Bonchev–Trinajstić information content (AvgIpc) is 3.06. The molecule has 0 saturated heterocycles. The fourth-order valence-electron chi connectivity index (χ4n) is 2.84. The third-order valence-electron chi connectivity index (χ3n) is 4.00. The third-order valence-corrected chi connectivity index (χ3v) is 5.14. The van der Waals surface area contributed by atoms with Crippen molar-refractivity contribution in [3.8, 4) is 22.9 Å². The van der Waals surface area contributed by atoms with Gasteiger partial charge in [0.2, 0.25) is 5.88 Å². The Morgan fingerprint density at radius 1 is 1.37 bits per heavy atom. The van der Waals surface area contributed by atoms with Crippen LogP contribution in [0.5, 0.6) is 11.6 Å². The van der Waals surface area contributed by atoms with Gasteiger partial charge in [0, 0.05) is 6.20 Å². The highest BCUT2D eigenvalue weighted by Gasteiger charge is 2.19. The van der Waals surface area contributed by atoms with Gasteiger partial charge in [0.1, 0.15) is 23.1 Å². The second-order valence-corrected chi connectivity index (χ2v) is 6.94. The van der Waals surface area contributed by atoms with Crippen molar-refractivity contribution in [3.05, 3.63) is 48.5 Å². The molecule has 9 heteroatoms. The summed E-state index contributed by atoms with van der Waals surface area (Å²) in [5.41, 5.74) is 2.12. The summed E-state index contributed by atoms with van der Waals surface area (Å²) in [4.78, 5) is 4.54. The smallest absolute Gasteiger partial charge is 0.223 e. The second-order valence-electron chi connectivity index (χ2n) is 5.76. The van der Waals surface area contributed by atoms with E-state index in [1.54, 1.807) is 12.3 Å². The van der Waals surface area contributed by atoms with Gasteiger partial charge in [-0.3, -0.25) is 9.40 Å². The van der Waals surface area contributed by atoms with Gasteiger partial charge in [-0.05, 0) is 37.3 Å². The van der Waals surface area contributed by atoms with Crippen LogP contribution in [-0.4, -0.2) is 32.2 Å². The molecule has 27 heavy (non-hydrogen) atoms. The lowest BCUT2D eigenvalue weighted by Gasteiger charge is -2.12. The van der Waals surface area contributed by atoms with Gasteiger partial charge in [-0.2, -0.15) is 5.10 Å². The number of rotatable bonds is 5. The van der Waals surface area contributed by atoms with Crippen molar-refractivity contribution < 1.29 is 18.1 Å². The van der Waals surface area contributed by atoms with Crippen molar-refractivity contribution >= 4 is 16.7 Å². The van der Waals surface area contributed by atoms with E-state index in [1.165, 1.54) is 24.4 Å². The monoisotopic (exact) mass is 388 g/mol. The minimum Gasteiger partial charge on any atom is -0.493 e. The van der Waals surface area contributed by atoms with Crippen LogP contribution in [0.4, 0.5) is 10.1 Å². The van der Waals surface area contributed by atoms with Crippen LogP contribution >= 0.6 is 0 Å². The summed E-state index contributed by atoms with van der Waals surface area (Å²) in [7, 11) is -1.73. The van der Waals surface area contributed by atoms with E-state index in [-0.39, 0.29) is 4.90 Å². The highest BCUT2D eigenvalue weighted by atomic mass is 32.2. The number of nitrogens with zero attached hydrogens (tertiary/aromatic N) is 3. The fraction of sp³-hybridized carbons (Fsp3) is 0.222. The first-order chi connectivity index (χ1) is 13.2. The van der Waals surface area contributed by atoms with Gasteiger partial charge in [0.25, 0.3) is 0 Å². The van der Waals surface area contributed by atoms with Crippen molar-refractivity contribution in [2.45, 2.75) is 18.4 Å². The number of anilines is 1. The summed E-state index contributed by atoms with van der Waals surface area (Å²) in [6, 6.07) is 7.60. The number of fused-ring (bicyclic) bond motifs is 3. The van der Waals surface area contributed by atoms with E-state index < -0.39 is 16.8 Å². The van der Waals surface area contributed by atoms with Gasteiger partial charge >= 0.3 is 0 Å². The van der Waals surface area contributed by atoms with Crippen molar-refractivity contribution in [1.29, 1.82) is 0 Å². The van der Waals surface area contributed by atoms with E-state index in [0.717, 1.165) is 11.3 Å². The average molecular weight is 388 g/mol. The van der Waals surface area contributed by atoms with Gasteiger partial charge in [-0.1, -0.05) is 0 Å². The van der Waals surface area contributed by atoms with Crippen LogP contribution in [0.1, 0.15) is 6.92 Å². The first-order valence-corrected chi connectivity index (χ1v) is 9.56. The summed E-state index contributed by atoms with van der Waals surface area (Å²) >= 11 is 0. The van der Waals surface area contributed by atoms with E-state index >= 15 is 0 Å². The first kappa shape index (κ1) is 17.5. The van der Waals surface area contributed by atoms with E-state index in [9.17, 15) is 8.60 Å². The van der Waals surface area contributed by atoms with Crippen molar-refractivity contribution in [2.75, 3.05) is 17.9 Å². The molecule has 3 aromatic rings. The number of hydrogen-bond acceptors (Lipinski definition) is 5. The summed E-state index contributed by atoms with van der Waals surface area (Å²) < 4.78 is 42.2. The zero-order chi connectivity index (χ0) is 18.8. The minimum absolute atomic E-state index is 0.230. The van der Waals surface area contributed by atoms with Crippen LogP contribution in [0.25, 0.3) is 11.3 Å². The van der Waals surface area contributed by atoms with Crippen LogP contribution in [0.15, 0.2) is 47.6 Å². The Bertz CT molecular complexity index is 1010. The summed E-state index contributed by atoms with van der Waals surface area (Å²) in [5.74, 6) is 0.376. The number of ether oxygens (including phenoxy) is 2. The molecule has 0 radical (unpaired) electrons. The molecule has 1 unspecified atom stereocenters. The maximum atomic E-state index is 13.6. The van der Waals surface area contributed by atoms with E-state index in [4.69, 9.17) is 9.47 Å². The predicted octanol–water partition coefficient (Wildman–Crippen LogP) is 3.01. The van der Waals surface area contributed by atoms with E-state index in [1.807, 2.05) is 17.7 Å². The molecule has 3 heterocycles. The molecule has 0 saturated carbocycles. The number of pyridine rings is 1. The Morgan fingerprint density at radius 2 is 2.26 bits per heavy atom. The lowest BCUT2D eigenvalue weighted by Crippen LogP contribution is -2.08. The van der Waals surface area contributed by atoms with Crippen LogP contribution in [-0.2, 0) is 17.5 Å². The van der Waals surface area contributed by atoms with Gasteiger partial charge in [0.05, 0.1) is 36.3 Å². The maximum absolute atomic E-state index is 13.6. The SMILES string of the molecule is CCOc1ccc(F)cc1S(=O)Nc1cnc2c(c1)-c1ccnn1CCO2. The summed E-state index contributed by atoms with van der Waals surface area (Å²) in [6.07, 6.45) is 3.24. The molecule has 2 aromatic heterocycles. The Hall–Kier alpha value is -2.94. The second kappa shape index (κ2) is 7.36. The van der Waals surface area contributed by atoms with Crippen molar-refractivity contribution in [3.63, 3.8) is 0 Å². The third kappa shape index (κ3) is 3.50. The molecule has 1 atom stereocenters. The predicted molar refractivity (Wildman–Crippen MR) is 98.6 cm³/mol. The lowest BCUT2D eigenvalue weighted by molar-refractivity contribution is 0.290. The van der Waals surface area contributed by atoms with Crippen LogP contribution in [0.2, 0.25) is 0 Å². The van der Waals surface area contributed by atoms with Gasteiger partial charge < -0.3 is 9.47 Å². The maximum Gasteiger partial charge on any atom is 0.223 e. The zero-order valence-electron chi connectivity index (χ0n) is 14.5. The molecular weight excluding hydrogens is 371 g/mol.